The summed E-state index contributed by atoms with van der Waals surface area (Å²) in [6, 6.07) is 8.50. The van der Waals surface area contributed by atoms with E-state index >= 15 is 0 Å². The van der Waals surface area contributed by atoms with Crippen LogP contribution in [0.5, 0.6) is 0 Å². The Morgan fingerprint density at radius 1 is 1.27 bits per heavy atom. The number of anilines is 1. The van der Waals surface area contributed by atoms with Gasteiger partial charge in [0.25, 0.3) is 0 Å². The molecule has 0 N–H and O–H groups in total. The van der Waals surface area contributed by atoms with E-state index in [0.717, 1.165) is 18.5 Å². The van der Waals surface area contributed by atoms with Crippen molar-refractivity contribution in [2.24, 2.45) is 0 Å². The van der Waals surface area contributed by atoms with E-state index in [1.54, 1.807) is 0 Å². The fourth-order valence-corrected chi connectivity index (χ4v) is 2.66. The molecule has 2 heteroatoms. The summed E-state index contributed by atoms with van der Waals surface area (Å²) in [6.07, 6.45) is 2.07. The summed E-state index contributed by atoms with van der Waals surface area (Å²) in [5.41, 5.74) is 2.26. The lowest BCUT2D eigenvalue weighted by molar-refractivity contribution is -0.120. The number of nitrogens with zero attached hydrogens (tertiary/aromatic N) is 1. The molecule has 1 amide bonds. The minimum absolute atomic E-state index is 0.124. The maximum absolute atomic E-state index is 12.3. The van der Waals surface area contributed by atoms with Gasteiger partial charge in [-0.05, 0) is 38.3 Å². The summed E-state index contributed by atoms with van der Waals surface area (Å²) >= 11 is 0. The third-order valence-corrected chi connectivity index (χ3v) is 3.57. The Morgan fingerprint density at radius 2 is 1.93 bits per heavy atom. The minimum Gasteiger partial charge on any atom is -0.309 e. The Bertz CT molecular complexity index is 432. The number of amides is 1. The number of benzene rings is 1. The van der Waals surface area contributed by atoms with Crippen LogP contribution in [0.4, 0.5) is 5.69 Å². The maximum atomic E-state index is 12.3. The van der Waals surface area contributed by atoms with Gasteiger partial charge in [0, 0.05) is 11.7 Å². The van der Waals surface area contributed by atoms with Gasteiger partial charge in [0.15, 0.2) is 0 Å². The zero-order valence-electron chi connectivity index (χ0n) is 9.16. The van der Waals surface area contributed by atoms with Gasteiger partial charge in [0.1, 0.15) is 0 Å². The van der Waals surface area contributed by atoms with Crippen LogP contribution in [0.15, 0.2) is 24.3 Å². The lowest BCUT2D eigenvalue weighted by Gasteiger charge is -2.22. The second kappa shape index (κ2) is 2.63. The van der Waals surface area contributed by atoms with Crippen molar-refractivity contribution in [3.63, 3.8) is 0 Å². The molecular weight excluding hydrogens is 186 g/mol. The van der Waals surface area contributed by atoms with E-state index in [9.17, 15) is 4.79 Å². The van der Waals surface area contributed by atoms with E-state index in [2.05, 4.69) is 26.0 Å². The van der Waals surface area contributed by atoms with Gasteiger partial charge in [-0.1, -0.05) is 18.2 Å². The molecule has 1 aliphatic heterocycles. The summed E-state index contributed by atoms with van der Waals surface area (Å²) in [7, 11) is 0. The van der Waals surface area contributed by atoms with E-state index in [0.29, 0.717) is 5.91 Å². The number of fused-ring (bicyclic) bond motifs is 2. The Balaban J connectivity index is 2.19. The topological polar surface area (TPSA) is 20.3 Å². The van der Waals surface area contributed by atoms with Gasteiger partial charge in [-0.3, -0.25) is 4.79 Å². The molecule has 0 unspecified atom stereocenters. The van der Waals surface area contributed by atoms with Gasteiger partial charge < -0.3 is 4.90 Å². The van der Waals surface area contributed by atoms with Crippen LogP contribution in [-0.2, 0) is 10.2 Å². The molecule has 2 aliphatic rings. The van der Waals surface area contributed by atoms with Crippen molar-refractivity contribution in [3.8, 4) is 0 Å². The first-order chi connectivity index (χ1) is 7.17. The van der Waals surface area contributed by atoms with Gasteiger partial charge >= 0.3 is 0 Å². The number of carbonyl (C=O) groups is 1. The summed E-state index contributed by atoms with van der Waals surface area (Å²) in [6.45, 7) is 4.16. The smallest absolute Gasteiger partial charge is 0.237 e. The Kier molecular flexibility index (Phi) is 1.57. The molecule has 0 radical (unpaired) electrons. The summed E-state index contributed by atoms with van der Waals surface area (Å²) in [5, 5.41) is 0. The standard InChI is InChI=1S/C13H15NO/c1-9(2)14-11-6-4-3-5-10(11)13(7-8-13)12(14)15/h3-6,9H,7-8H2,1-2H3. The predicted octanol–water partition coefficient (Wildman–Crippen LogP) is 2.47. The lowest BCUT2D eigenvalue weighted by Crippen LogP contribution is -2.37. The molecule has 1 aromatic rings. The van der Waals surface area contributed by atoms with E-state index in [-0.39, 0.29) is 11.5 Å². The van der Waals surface area contributed by atoms with Gasteiger partial charge in [0.05, 0.1) is 5.41 Å². The number of carbonyl (C=O) groups excluding carboxylic acids is 1. The summed E-state index contributed by atoms with van der Waals surface area (Å²) in [5.74, 6) is 0.318. The van der Waals surface area contributed by atoms with Crippen molar-refractivity contribution in [1.82, 2.24) is 0 Å². The molecule has 1 heterocycles. The highest BCUT2D eigenvalue weighted by Crippen LogP contribution is 2.57. The molecule has 1 saturated carbocycles. The molecule has 2 nitrogen and oxygen atoms in total. The van der Waals surface area contributed by atoms with Gasteiger partial charge in [0.2, 0.25) is 5.91 Å². The van der Waals surface area contributed by atoms with Crippen LogP contribution < -0.4 is 4.90 Å². The van der Waals surface area contributed by atoms with Crippen LogP contribution in [0, 0.1) is 0 Å². The minimum atomic E-state index is -0.124. The molecule has 15 heavy (non-hydrogen) atoms. The Morgan fingerprint density at radius 3 is 2.53 bits per heavy atom. The second-order valence-electron chi connectivity index (χ2n) is 4.87. The molecule has 0 aromatic heterocycles. The van der Waals surface area contributed by atoms with Crippen molar-refractivity contribution in [1.29, 1.82) is 0 Å². The highest BCUT2D eigenvalue weighted by atomic mass is 16.2. The molecule has 0 atom stereocenters. The van der Waals surface area contributed by atoms with E-state index in [1.165, 1.54) is 5.56 Å². The van der Waals surface area contributed by atoms with Gasteiger partial charge in [-0.25, -0.2) is 0 Å². The molecule has 1 aliphatic carbocycles. The average Bonchev–Trinajstić information content (AvgIpc) is 2.94. The zero-order valence-corrected chi connectivity index (χ0v) is 9.16. The predicted molar refractivity (Wildman–Crippen MR) is 60.0 cm³/mol. The lowest BCUT2D eigenvalue weighted by atomic mass is 9.98. The largest absolute Gasteiger partial charge is 0.309 e. The number of para-hydroxylation sites is 1. The number of rotatable bonds is 1. The third kappa shape index (κ3) is 0.969. The second-order valence-corrected chi connectivity index (χ2v) is 4.87. The fourth-order valence-electron chi connectivity index (χ4n) is 2.66. The van der Waals surface area contributed by atoms with Crippen LogP contribution in [0.3, 0.4) is 0 Å². The number of hydrogen-bond donors (Lipinski definition) is 0. The SMILES string of the molecule is CC(C)N1C(=O)C2(CC2)c2ccccc21. The van der Waals surface area contributed by atoms with Gasteiger partial charge in [-0.2, -0.15) is 0 Å². The van der Waals surface area contributed by atoms with Crippen LogP contribution >= 0.6 is 0 Å². The number of hydrogen-bond acceptors (Lipinski definition) is 1. The molecule has 0 saturated heterocycles. The van der Waals surface area contributed by atoms with Crippen molar-refractivity contribution >= 4 is 11.6 Å². The highest BCUT2D eigenvalue weighted by molar-refractivity contribution is 6.10. The fraction of sp³-hybridized carbons (Fsp3) is 0.462. The molecule has 1 fully saturated rings. The van der Waals surface area contributed by atoms with E-state index < -0.39 is 0 Å². The maximum Gasteiger partial charge on any atom is 0.237 e. The molecule has 1 aromatic carbocycles. The summed E-state index contributed by atoms with van der Waals surface area (Å²) < 4.78 is 0. The zero-order chi connectivity index (χ0) is 10.6. The molecule has 1 spiro atoms. The Hall–Kier alpha value is -1.31. The molecular formula is C13H15NO. The van der Waals surface area contributed by atoms with Crippen LogP contribution in [-0.4, -0.2) is 11.9 Å². The first-order valence-electron chi connectivity index (χ1n) is 5.60. The molecule has 78 valence electrons. The highest BCUT2D eigenvalue weighted by Gasteiger charge is 2.59. The van der Waals surface area contributed by atoms with Crippen LogP contribution in [0.25, 0.3) is 0 Å². The first kappa shape index (κ1) is 8.96. The van der Waals surface area contributed by atoms with E-state index in [4.69, 9.17) is 0 Å². The van der Waals surface area contributed by atoms with Crippen molar-refractivity contribution in [2.45, 2.75) is 38.1 Å². The van der Waals surface area contributed by atoms with E-state index in [1.807, 2.05) is 17.0 Å². The third-order valence-electron chi connectivity index (χ3n) is 3.57. The van der Waals surface area contributed by atoms with Crippen molar-refractivity contribution < 1.29 is 4.79 Å². The quantitative estimate of drug-likeness (QED) is 0.683. The summed E-state index contributed by atoms with van der Waals surface area (Å²) in [4.78, 5) is 14.3. The molecule has 0 bridgehead atoms. The van der Waals surface area contributed by atoms with Gasteiger partial charge in [-0.15, -0.1) is 0 Å². The average molecular weight is 201 g/mol. The molecule has 3 rings (SSSR count). The van der Waals surface area contributed by atoms with Crippen molar-refractivity contribution in [2.75, 3.05) is 4.90 Å². The van der Waals surface area contributed by atoms with Crippen LogP contribution in [0.1, 0.15) is 32.3 Å². The first-order valence-corrected chi connectivity index (χ1v) is 5.60. The normalized spacial score (nSPS) is 21.3. The van der Waals surface area contributed by atoms with Crippen LogP contribution in [0.2, 0.25) is 0 Å². The van der Waals surface area contributed by atoms with Crippen molar-refractivity contribution in [3.05, 3.63) is 29.8 Å². The monoisotopic (exact) mass is 201 g/mol. The Labute approximate surface area is 89.9 Å².